The highest BCUT2D eigenvalue weighted by Crippen LogP contribution is 2.19. The molecule has 0 radical (unpaired) electrons. The van der Waals surface area contributed by atoms with Crippen LogP contribution in [0.1, 0.15) is 20.8 Å². The molecular weight excluding hydrogens is 360 g/mol. The molecule has 8 heteroatoms. The van der Waals surface area contributed by atoms with Gasteiger partial charge in [-0.1, -0.05) is 12.1 Å². The highest BCUT2D eigenvalue weighted by molar-refractivity contribution is 6.07. The maximum Gasteiger partial charge on any atom is 0.339 e. The van der Waals surface area contributed by atoms with Crippen LogP contribution in [0.25, 0.3) is 0 Å². The van der Waals surface area contributed by atoms with Crippen molar-refractivity contribution in [2.75, 3.05) is 24.9 Å². The highest BCUT2D eigenvalue weighted by Gasteiger charge is 2.15. The number of para-hydroxylation sites is 1. The van der Waals surface area contributed by atoms with Gasteiger partial charge in [0.2, 0.25) is 5.95 Å². The largest absolute Gasteiger partial charge is 0.497 e. The van der Waals surface area contributed by atoms with Crippen molar-refractivity contribution in [2.45, 2.75) is 0 Å². The molecule has 2 aromatic carbocycles. The van der Waals surface area contributed by atoms with E-state index in [0.717, 1.165) is 11.4 Å². The van der Waals surface area contributed by atoms with Crippen LogP contribution in [-0.4, -0.2) is 36.1 Å². The number of carbonyl (C=O) groups excluding carboxylic acids is 2. The Morgan fingerprint density at radius 2 is 1.71 bits per heavy atom. The zero-order chi connectivity index (χ0) is 19.9. The molecule has 0 saturated carbocycles. The number of anilines is 3. The molecule has 28 heavy (non-hydrogen) atoms. The molecule has 0 fully saturated rings. The van der Waals surface area contributed by atoms with E-state index >= 15 is 0 Å². The van der Waals surface area contributed by atoms with Crippen LogP contribution in [0.15, 0.2) is 60.8 Å². The van der Waals surface area contributed by atoms with Crippen molar-refractivity contribution in [2.24, 2.45) is 0 Å². The normalized spacial score (nSPS) is 10.1. The summed E-state index contributed by atoms with van der Waals surface area (Å²) in [4.78, 5) is 32.7. The fourth-order valence-electron chi connectivity index (χ4n) is 2.42. The molecule has 0 saturated heterocycles. The summed E-state index contributed by atoms with van der Waals surface area (Å²) in [5, 5.41) is 5.70. The van der Waals surface area contributed by atoms with Crippen molar-refractivity contribution < 1.29 is 19.1 Å². The van der Waals surface area contributed by atoms with Crippen molar-refractivity contribution in [1.29, 1.82) is 0 Å². The lowest BCUT2D eigenvalue weighted by atomic mass is 10.1. The summed E-state index contributed by atoms with van der Waals surface area (Å²) in [6.07, 6.45) is 1.47. The number of carbonyl (C=O) groups is 2. The Morgan fingerprint density at radius 1 is 0.964 bits per heavy atom. The maximum absolute atomic E-state index is 12.6. The number of nitrogens with one attached hydrogen (secondary N) is 2. The van der Waals surface area contributed by atoms with Crippen molar-refractivity contribution >= 4 is 29.2 Å². The van der Waals surface area contributed by atoms with E-state index in [1.807, 2.05) is 12.1 Å². The summed E-state index contributed by atoms with van der Waals surface area (Å²) < 4.78 is 9.85. The fourth-order valence-corrected chi connectivity index (χ4v) is 2.42. The Balaban J connectivity index is 1.76. The highest BCUT2D eigenvalue weighted by atomic mass is 16.5. The molecule has 0 bridgehead atoms. The molecule has 2 N–H and O–H groups in total. The standard InChI is InChI=1S/C20H18N4O4/c1-27-14-9-7-13(8-10-14)22-20-21-12-11-17(24-20)18(25)23-16-6-4-3-5-15(16)19(26)28-2/h3-12H,1-2H3,(H,23,25)(H,21,22,24). The predicted molar refractivity (Wildman–Crippen MR) is 104 cm³/mol. The van der Waals surface area contributed by atoms with Crippen molar-refractivity contribution in [3.8, 4) is 5.75 Å². The number of methoxy groups -OCH3 is 2. The molecule has 0 unspecified atom stereocenters. The molecule has 1 aromatic heterocycles. The zero-order valence-corrected chi connectivity index (χ0v) is 15.3. The van der Waals surface area contributed by atoms with Gasteiger partial charge in [-0.25, -0.2) is 14.8 Å². The number of aromatic nitrogens is 2. The van der Waals surface area contributed by atoms with E-state index in [0.29, 0.717) is 5.69 Å². The van der Waals surface area contributed by atoms with E-state index in [9.17, 15) is 9.59 Å². The third-order valence-electron chi connectivity index (χ3n) is 3.81. The zero-order valence-electron chi connectivity index (χ0n) is 15.3. The van der Waals surface area contributed by atoms with E-state index in [4.69, 9.17) is 9.47 Å². The number of hydrogen-bond donors (Lipinski definition) is 2. The van der Waals surface area contributed by atoms with Crippen LogP contribution in [0.4, 0.5) is 17.3 Å². The number of nitrogens with zero attached hydrogens (tertiary/aromatic N) is 2. The molecule has 1 heterocycles. The summed E-state index contributed by atoms with van der Waals surface area (Å²) in [7, 11) is 2.87. The molecule has 0 spiro atoms. The van der Waals surface area contributed by atoms with Gasteiger partial charge in [-0.15, -0.1) is 0 Å². The first kappa shape index (κ1) is 18.8. The second kappa shape index (κ2) is 8.63. The Bertz CT molecular complexity index is 990. The number of amides is 1. The number of hydrogen-bond acceptors (Lipinski definition) is 7. The van der Waals surface area contributed by atoms with Gasteiger partial charge in [0.05, 0.1) is 25.5 Å². The quantitative estimate of drug-likeness (QED) is 0.635. The number of esters is 1. The second-order valence-corrected chi connectivity index (χ2v) is 5.61. The van der Waals surface area contributed by atoms with Gasteiger partial charge in [-0.2, -0.15) is 0 Å². The monoisotopic (exact) mass is 378 g/mol. The van der Waals surface area contributed by atoms with Crippen LogP contribution >= 0.6 is 0 Å². The first-order valence-electron chi connectivity index (χ1n) is 8.33. The second-order valence-electron chi connectivity index (χ2n) is 5.61. The summed E-state index contributed by atoms with van der Waals surface area (Å²) in [5.74, 6) is -0.0279. The summed E-state index contributed by atoms with van der Waals surface area (Å²) in [5.41, 5.74) is 1.48. The van der Waals surface area contributed by atoms with Crippen LogP contribution in [0.2, 0.25) is 0 Å². The fraction of sp³-hybridized carbons (Fsp3) is 0.100. The summed E-state index contributed by atoms with van der Waals surface area (Å²) in [6.45, 7) is 0. The molecule has 1 amide bonds. The minimum absolute atomic E-state index is 0.144. The Labute approximate surface area is 161 Å². The lowest BCUT2D eigenvalue weighted by Crippen LogP contribution is -2.17. The van der Waals surface area contributed by atoms with E-state index in [1.165, 1.54) is 19.4 Å². The first-order chi connectivity index (χ1) is 13.6. The number of benzene rings is 2. The van der Waals surface area contributed by atoms with Gasteiger partial charge in [0, 0.05) is 11.9 Å². The van der Waals surface area contributed by atoms with Gasteiger partial charge in [0.15, 0.2) is 0 Å². The molecule has 0 aliphatic rings. The molecule has 3 aromatic rings. The van der Waals surface area contributed by atoms with E-state index < -0.39 is 11.9 Å². The smallest absolute Gasteiger partial charge is 0.339 e. The molecule has 8 nitrogen and oxygen atoms in total. The maximum atomic E-state index is 12.6. The minimum Gasteiger partial charge on any atom is -0.497 e. The predicted octanol–water partition coefficient (Wildman–Crippen LogP) is 3.27. The number of rotatable bonds is 6. The van der Waals surface area contributed by atoms with E-state index in [-0.39, 0.29) is 17.2 Å². The lowest BCUT2D eigenvalue weighted by molar-refractivity contribution is 0.0602. The Morgan fingerprint density at radius 3 is 2.43 bits per heavy atom. The van der Waals surface area contributed by atoms with Gasteiger partial charge in [-0.05, 0) is 42.5 Å². The first-order valence-corrected chi connectivity index (χ1v) is 8.33. The SMILES string of the molecule is COC(=O)c1ccccc1NC(=O)c1ccnc(Nc2ccc(OC)cc2)n1. The van der Waals surface area contributed by atoms with Crippen molar-refractivity contribution in [1.82, 2.24) is 9.97 Å². The Kier molecular flexibility index (Phi) is 5.81. The molecule has 3 rings (SSSR count). The minimum atomic E-state index is -0.541. The van der Waals surface area contributed by atoms with Crippen molar-refractivity contribution in [3.05, 3.63) is 72.1 Å². The van der Waals surface area contributed by atoms with Crippen LogP contribution in [0, 0.1) is 0 Å². The lowest BCUT2D eigenvalue weighted by Gasteiger charge is -2.10. The van der Waals surface area contributed by atoms with Crippen LogP contribution in [0.3, 0.4) is 0 Å². The van der Waals surface area contributed by atoms with Gasteiger partial charge in [0.25, 0.3) is 5.91 Å². The topological polar surface area (TPSA) is 102 Å². The summed E-state index contributed by atoms with van der Waals surface area (Å²) in [6, 6.07) is 15.3. The van der Waals surface area contributed by atoms with Crippen LogP contribution in [-0.2, 0) is 4.74 Å². The van der Waals surface area contributed by atoms with E-state index in [2.05, 4.69) is 20.6 Å². The van der Waals surface area contributed by atoms with Crippen LogP contribution < -0.4 is 15.4 Å². The average molecular weight is 378 g/mol. The van der Waals surface area contributed by atoms with Gasteiger partial charge < -0.3 is 20.1 Å². The average Bonchev–Trinajstić information content (AvgIpc) is 2.74. The van der Waals surface area contributed by atoms with Gasteiger partial charge in [-0.3, -0.25) is 4.79 Å². The van der Waals surface area contributed by atoms with Gasteiger partial charge in [0.1, 0.15) is 11.4 Å². The molecule has 0 atom stereocenters. The number of ether oxygens (including phenoxy) is 2. The Hall–Kier alpha value is -3.94. The van der Waals surface area contributed by atoms with Crippen LogP contribution in [0.5, 0.6) is 5.75 Å². The van der Waals surface area contributed by atoms with E-state index in [1.54, 1.807) is 43.5 Å². The molecular formula is C20H18N4O4. The summed E-state index contributed by atoms with van der Waals surface area (Å²) >= 11 is 0. The molecule has 0 aliphatic heterocycles. The molecule has 0 aliphatic carbocycles. The van der Waals surface area contributed by atoms with Gasteiger partial charge >= 0.3 is 5.97 Å². The molecule has 142 valence electrons. The van der Waals surface area contributed by atoms with Crippen molar-refractivity contribution in [3.63, 3.8) is 0 Å². The third kappa shape index (κ3) is 4.42. The third-order valence-corrected chi connectivity index (χ3v) is 3.81.